The molecule has 1 heterocycles. The lowest BCUT2D eigenvalue weighted by Gasteiger charge is -2.21. The van der Waals surface area contributed by atoms with Gasteiger partial charge in [0.05, 0.1) is 6.04 Å². The molecule has 1 nitrogen and oxygen atoms in total. The molecule has 1 atom stereocenters. The van der Waals surface area contributed by atoms with E-state index in [0.717, 1.165) is 6.42 Å². The predicted octanol–water partition coefficient (Wildman–Crippen LogP) is 4.77. The largest absolute Gasteiger partial charge is 0.309 e. The minimum absolute atomic E-state index is 0.258. The van der Waals surface area contributed by atoms with Gasteiger partial charge in [-0.2, -0.15) is 0 Å². The average Bonchev–Trinajstić information content (AvgIpc) is 2.98. The smallest absolute Gasteiger partial charge is 0.0591 e. The fraction of sp³-hybridized carbons (Fsp3) is 0.222. The Labute approximate surface area is 124 Å². The maximum absolute atomic E-state index is 3.50. The van der Waals surface area contributed by atoms with Crippen LogP contribution in [0.1, 0.15) is 29.7 Å². The van der Waals surface area contributed by atoms with Crippen molar-refractivity contribution in [2.75, 3.05) is 7.05 Å². The Morgan fingerprint density at radius 2 is 1.80 bits per heavy atom. The minimum Gasteiger partial charge on any atom is -0.309 e. The Kier molecular flexibility index (Phi) is 3.86. The van der Waals surface area contributed by atoms with Gasteiger partial charge < -0.3 is 5.32 Å². The first-order valence-corrected chi connectivity index (χ1v) is 7.94. The molecule has 0 saturated carbocycles. The second kappa shape index (κ2) is 5.78. The molecule has 1 N–H and O–H groups in total. The van der Waals surface area contributed by atoms with Gasteiger partial charge in [-0.05, 0) is 47.0 Å². The molecular weight excluding hydrogens is 262 g/mol. The fourth-order valence-corrected chi connectivity index (χ4v) is 3.80. The van der Waals surface area contributed by atoms with Gasteiger partial charge in [-0.25, -0.2) is 0 Å². The van der Waals surface area contributed by atoms with Crippen LogP contribution in [-0.2, 0) is 6.42 Å². The third kappa shape index (κ3) is 2.26. The number of nitrogens with one attached hydrogen (secondary N) is 1. The lowest BCUT2D eigenvalue weighted by Crippen LogP contribution is -2.19. The quantitative estimate of drug-likeness (QED) is 0.726. The Hall–Kier alpha value is -1.64. The van der Waals surface area contributed by atoms with E-state index in [0.29, 0.717) is 0 Å². The number of thiophene rings is 1. The van der Waals surface area contributed by atoms with Crippen molar-refractivity contribution in [2.45, 2.75) is 19.4 Å². The molecule has 2 aromatic carbocycles. The van der Waals surface area contributed by atoms with Gasteiger partial charge in [0, 0.05) is 4.70 Å². The molecular formula is C18H19NS. The van der Waals surface area contributed by atoms with Crippen LogP contribution in [0.3, 0.4) is 0 Å². The molecule has 0 aliphatic rings. The highest BCUT2D eigenvalue weighted by Gasteiger charge is 2.17. The number of benzene rings is 2. The van der Waals surface area contributed by atoms with Gasteiger partial charge in [0.2, 0.25) is 0 Å². The molecule has 0 bridgehead atoms. The standard InChI is InChI=1S/C18H19NS/c1-3-13-7-4-5-9-15(13)17(19-2)16-10-6-8-14-11-12-20-18(14)16/h4-12,17,19H,3H2,1-2H3. The van der Waals surface area contributed by atoms with Gasteiger partial charge in [-0.3, -0.25) is 0 Å². The van der Waals surface area contributed by atoms with Crippen molar-refractivity contribution in [1.29, 1.82) is 0 Å². The van der Waals surface area contributed by atoms with Crippen molar-refractivity contribution in [3.63, 3.8) is 0 Å². The summed E-state index contributed by atoms with van der Waals surface area (Å²) in [5.41, 5.74) is 4.18. The zero-order valence-corrected chi connectivity index (χ0v) is 12.7. The number of hydrogen-bond acceptors (Lipinski definition) is 2. The number of fused-ring (bicyclic) bond motifs is 1. The lowest BCUT2D eigenvalue weighted by atomic mass is 9.93. The molecule has 3 aromatic rings. The first-order valence-electron chi connectivity index (χ1n) is 7.06. The van der Waals surface area contributed by atoms with Crippen molar-refractivity contribution in [2.24, 2.45) is 0 Å². The molecule has 102 valence electrons. The van der Waals surface area contributed by atoms with E-state index in [9.17, 15) is 0 Å². The summed E-state index contributed by atoms with van der Waals surface area (Å²) in [5.74, 6) is 0. The van der Waals surface area contributed by atoms with E-state index in [2.05, 4.69) is 66.2 Å². The van der Waals surface area contributed by atoms with Crippen LogP contribution < -0.4 is 5.32 Å². The maximum atomic E-state index is 3.50. The number of hydrogen-bond donors (Lipinski definition) is 1. The summed E-state index contributed by atoms with van der Waals surface area (Å²) in [6, 6.07) is 17.8. The van der Waals surface area contributed by atoms with Gasteiger partial charge in [0.1, 0.15) is 0 Å². The first kappa shape index (κ1) is 13.3. The molecule has 3 rings (SSSR count). The van der Waals surface area contributed by atoms with Crippen molar-refractivity contribution >= 4 is 21.4 Å². The average molecular weight is 281 g/mol. The van der Waals surface area contributed by atoms with Crippen LogP contribution in [0.2, 0.25) is 0 Å². The highest BCUT2D eigenvalue weighted by molar-refractivity contribution is 7.17. The van der Waals surface area contributed by atoms with E-state index in [-0.39, 0.29) is 6.04 Å². The van der Waals surface area contributed by atoms with Gasteiger partial charge in [0.25, 0.3) is 0 Å². The van der Waals surface area contributed by atoms with E-state index >= 15 is 0 Å². The van der Waals surface area contributed by atoms with E-state index < -0.39 is 0 Å². The zero-order chi connectivity index (χ0) is 13.9. The molecule has 1 aromatic heterocycles. The molecule has 1 unspecified atom stereocenters. The van der Waals surface area contributed by atoms with Crippen molar-refractivity contribution < 1.29 is 0 Å². The van der Waals surface area contributed by atoms with Gasteiger partial charge in [-0.15, -0.1) is 11.3 Å². The molecule has 0 fully saturated rings. The van der Waals surface area contributed by atoms with Crippen LogP contribution in [0.15, 0.2) is 53.9 Å². The molecule has 0 amide bonds. The Balaban J connectivity index is 2.16. The first-order chi connectivity index (χ1) is 9.85. The zero-order valence-electron chi connectivity index (χ0n) is 11.9. The SMILES string of the molecule is CCc1ccccc1C(NC)c1cccc2ccsc12. The minimum atomic E-state index is 0.258. The van der Waals surface area contributed by atoms with Crippen LogP contribution >= 0.6 is 11.3 Å². The normalized spacial score (nSPS) is 12.7. The summed E-state index contributed by atoms with van der Waals surface area (Å²) in [6.07, 6.45) is 1.06. The third-order valence-electron chi connectivity index (χ3n) is 3.86. The maximum Gasteiger partial charge on any atom is 0.0591 e. The van der Waals surface area contributed by atoms with Crippen molar-refractivity contribution in [3.05, 3.63) is 70.6 Å². The predicted molar refractivity (Wildman–Crippen MR) is 88.5 cm³/mol. The van der Waals surface area contributed by atoms with Crippen molar-refractivity contribution in [3.8, 4) is 0 Å². The van der Waals surface area contributed by atoms with Crippen molar-refractivity contribution in [1.82, 2.24) is 5.32 Å². The summed E-state index contributed by atoms with van der Waals surface area (Å²) < 4.78 is 1.39. The Morgan fingerprint density at radius 3 is 2.60 bits per heavy atom. The van der Waals surface area contributed by atoms with Crippen LogP contribution in [0.4, 0.5) is 0 Å². The van der Waals surface area contributed by atoms with E-state index in [1.165, 1.54) is 26.8 Å². The van der Waals surface area contributed by atoms with Crippen LogP contribution in [0.5, 0.6) is 0 Å². The van der Waals surface area contributed by atoms with E-state index in [1.807, 2.05) is 18.4 Å². The molecule has 0 aliphatic carbocycles. The molecule has 0 aliphatic heterocycles. The van der Waals surface area contributed by atoms with Crippen LogP contribution in [0, 0.1) is 0 Å². The lowest BCUT2D eigenvalue weighted by molar-refractivity contribution is 0.690. The van der Waals surface area contributed by atoms with Crippen LogP contribution in [-0.4, -0.2) is 7.05 Å². The van der Waals surface area contributed by atoms with E-state index in [1.54, 1.807) is 0 Å². The molecule has 0 saturated heterocycles. The highest BCUT2D eigenvalue weighted by atomic mass is 32.1. The van der Waals surface area contributed by atoms with Crippen LogP contribution in [0.25, 0.3) is 10.1 Å². The molecule has 0 spiro atoms. The second-order valence-corrected chi connectivity index (χ2v) is 5.88. The Morgan fingerprint density at radius 1 is 1.00 bits per heavy atom. The summed E-state index contributed by atoms with van der Waals surface area (Å²) in [6.45, 7) is 2.22. The van der Waals surface area contributed by atoms with E-state index in [4.69, 9.17) is 0 Å². The third-order valence-corrected chi connectivity index (χ3v) is 4.84. The fourth-order valence-electron chi connectivity index (χ4n) is 2.86. The van der Waals surface area contributed by atoms with Gasteiger partial charge in [-0.1, -0.05) is 49.4 Å². The summed E-state index contributed by atoms with van der Waals surface area (Å²) in [5, 5.41) is 7.01. The monoisotopic (exact) mass is 281 g/mol. The van der Waals surface area contributed by atoms with Gasteiger partial charge in [0.15, 0.2) is 0 Å². The number of aryl methyl sites for hydroxylation is 1. The number of rotatable bonds is 4. The topological polar surface area (TPSA) is 12.0 Å². The molecule has 0 radical (unpaired) electrons. The summed E-state index contributed by atoms with van der Waals surface area (Å²) >= 11 is 1.83. The molecule has 2 heteroatoms. The van der Waals surface area contributed by atoms with Gasteiger partial charge >= 0.3 is 0 Å². The molecule has 20 heavy (non-hydrogen) atoms. The summed E-state index contributed by atoms with van der Waals surface area (Å²) in [7, 11) is 2.05. The second-order valence-electron chi connectivity index (χ2n) is 4.96. The Bertz CT molecular complexity index is 714. The summed E-state index contributed by atoms with van der Waals surface area (Å²) in [4.78, 5) is 0. The highest BCUT2D eigenvalue weighted by Crippen LogP contribution is 2.33.